The molecule has 7 heteroatoms. The molecule has 1 N–H and O–H groups in total. The predicted octanol–water partition coefficient (Wildman–Crippen LogP) is 6.09. The first-order chi connectivity index (χ1) is 15.8. The molecule has 3 heterocycles. The zero-order valence-corrected chi connectivity index (χ0v) is 21.1. The third-order valence-corrected chi connectivity index (χ3v) is 8.04. The summed E-state index contributed by atoms with van der Waals surface area (Å²) in [5.41, 5.74) is 2.34. The summed E-state index contributed by atoms with van der Waals surface area (Å²) in [6.07, 6.45) is 3.18. The first-order valence-corrected chi connectivity index (χ1v) is 13.2. The van der Waals surface area contributed by atoms with Gasteiger partial charge in [-0.15, -0.1) is 22.7 Å². The van der Waals surface area contributed by atoms with Crippen molar-refractivity contribution < 1.29 is 9.59 Å². The van der Waals surface area contributed by atoms with Crippen molar-refractivity contribution in [2.75, 3.05) is 18.4 Å². The lowest BCUT2D eigenvalue weighted by molar-refractivity contribution is -0.132. The van der Waals surface area contributed by atoms with E-state index in [0.717, 1.165) is 48.6 Å². The number of nitrogens with zero attached hydrogens (tertiary/aromatic N) is 2. The minimum atomic E-state index is -0.171. The number of likely N-dealkylation sites (tertiary alicyclic amines) is 1. The van der Waals surface area contributed by atoms with Gasteiger partial charge in [-0.3, -0.25) is 9.59 Å². The van der Waals surface area contributed by atoms with Crippen molar-refractivity contribution in [2.45, 2.75) is 57.8 Å². The van der Waals surface area contributed by atoms with Gasteiger partial charge in [0.15, 0.2) is 0 Å². The summed E-state index contributed by atoms with van der Waals surface area (Å²) in [5, 5.41) is 7.95. The average molecular weight is 482 g/mol. The Hall–Kier alpha value is -2.51. The Morgan fingerprint density at radius 1 is 1.09 bits per heavy atom. The Labute approximate surface area is 203 Å². The van der Waals surface area contributed by atoms with Crippen LogP contribution in [0.15, 0.2) is 47.2 Å². The molecule has 4 rings (SSSR count). The molecule has 1 aliphatic rings. The van der Waals surface area contributed by atoms with Crippen molar-refractivity contribution >= 4 is 40.2 Å². The smallest absolute Gasteiger partial charge is 0.275 e. The van der Waals surface area contributed by atoms with E-state index in [1.165, 1.54) is 4.88 Å². The van der Waals surface area contributed by atoms with Gasteiger partial charge in [0, 0.05) is 41.4 Å². The number of aryl methyl sites for hydroxylation is 1. The van der Waals surface area contributed by atoms with E-state index in [-0.39, 0.29) is 17.2 Å². The number of carbonyl (C=O) groups excluding carboxylic acids is 2. The van der Waals surface area contributed by atoms with Gasteiger partial charge < -0.3 is 10.2 Å². The van der Waals surface area contributed by atoms with Crippen molar-refractivity contribution in [1.82, 2.24) is 9.88 Å². The molecule has 5 nitrogen and oxygen atoms in total. The highest BCUT2D eigenvalue weighted by molar-refractivity contribution is 7.10. The van der Waals surface area contributed by atoms with E-state index in [9.17, 15) is 9.59 Å². The van der Waals surface area contributed by atoms with Crippen LogP contribution in [0.5, 0.6) is 0 Å². The van der Waals surface area contributed by atoms with Gasteiger partial charge in [-0.1, -0.05) is 45.0 Å². The molecule has 0 spiro atoms. The van der Waals surface area contributed by atoms with Gasteiger partial charge in [0.2, 0.25) is 5.91 Å². The molecular formula is C26H31N3O2S2. The number of anilines is 1. The molecule has 1 saturated heterocycles. The molecule has 0 radical (unpaired) electrons. The fourth-order valence-electron chi connectivity index (χ4n) is 4.23. The standard InChI is InChI=1S/C26H31N3O2S2/c1-26(2,3)20-8-4-5-9-21(20)27-24(31)22-17-33-25(28-22)18-12-14-29(15-13-18)23(30)11-10-19-7-6-16-32-19/h4-9,16-18H,10-15H2,1-3H3,(H,27,31). The summed E-state index contributed by atoms with van der Waals surface area (Å²) in [5.74, 6) is 0.369. The maximum atomic E-state index is 12.9. The van der Waals surface area contributed by atoms with Crippen LogP contribution in [-0.4, -0.2) is 34.8 Å². The summed E-state index contributed by atoms with van der Waals surface area (Å²) in [7, 11) is 0. The molecule has 2 aromatic heterocycles. The monoisotopic (exact) mass is 481 g/mol. The van der Waals surface area contributed by atoms with Crippen LogP contribution in [0.1, 0.15) is 71.9 Å². The van der Waals surface area contributed by atoms with Crippen LogP contribution in [-0.2, 0) is 16.6 Å². The third-order valence-electron chi connectivity index (χ3n) is 6.10. The molecule has 0 atom stereocenters. The SMILES string of the molecule is CC(C)(C)c1ccccc1NC(=O)c1csc(C2CCN(C(=O)CCc3cccs3)CC2)n1. The first kappa shape index (κ1) is 23.6. The first-order valence-electron chi connectivity index (χ1n) is 11.5. The molecule has 2 amide bonds. The normalized spacial score (nSPS) is 14.9. The van der Waals surface area contributed by atoms with E-state index in [2.05, 4.69) is 48.6 Å². The lowest BCUT2D eigenvalue weighted by Gasteiger charge is -2.31. The fraction of sp³-hybridized carbons (Fsp3) is 0.423. The van der Waals surface area contributed by atoms with E-state index >= 15 is 0 Å². The number of nitrogens with one attached hydrogen (secondary N) is 1. The third kappa shape index (κ3) is 5.89. The fourth-order valence-corrected chi connectivity index (χ4v) is 5.91. The molecule has 33 heavy (non-hydrogen) atoms. The van der Waals surface area contributed by atoms with Gasteiger partial charge in [0.05, 0.1) is 5.01 Å². The molecule has 0 bridgehead atoms. The van der Waals surface area contributed by atoms with Gasteiger partial charge in [-0.05, 0) is 47.8 Å². The molecule has 0 saturated carbocycles. The van der Waals surface area contributed by atoms with Crippen molar-refractivity contribution in [3.05, 3.63) is 68.3 Å². The molecule has 3 aromatic rings. The second-order valence-electron chi connectivity index (χ2n) is 9.56. The van der Waals surface area contributed by atoms with Crippen molar-refractivity contribution in [3.8, 4) is 0 Å². The molecule has 1 aliphatic heterocycles. The van der Waals surface area contributed by atoms with Crippen LogP contribution in [0.3, 0.4) is 0 Å². The number of amides is 2. The lowest BCUT2D eigenvalue weighted by Crippen LogP contribution is -2.38. The highest BCUT2D eigenvalue weighted by Crippen LogP contribution is 2.32. The topological polar surface area (TPSA) is 62.3 Å². The zero-order chi connectivity index (χ0) is 23.4. The van der Waals surface area contributed by atoms with E-state index in [4.69, 9.17) is 0 Å². The summed E-state index contributed by atoms with van der Waals surface area (Å²) in [6, 6.07) is 12.0. The number of rotatable bonds is 6. The number of hydrogen-bond acceptors (Lipinski definition) is 5. The number of piperidine rings is 1. The zero-order valence-electron chi connectivity index (χ0n) is 19.5. The Morgan fingerprint density at radius 2 is 1.85 bits per heavy atom. The van der Waals surface area contributed by atoms with Crippen LogP contribution in [0, 0.1) is 0 Å². The number of hydrogen-bond donors (Lipinski definition) is 1. The van der Waals surface area contributed by atoms with Crippen molar-refractivity contribution in [1.29, 1.82) is 0 Å². The number of benzene rings is 1. The number of para-hydroxylation sites is 1. The summed E-state index contributed by atoms with van der Waals surface area (Å²) in [6.45, 7) is 7.93. The minimum absolute atomic E-state index is 0.0632. The predicted molar refractivity (Wildman–Crippen MR) is 136 cm³/mol. The van der Waals surface area contributed by atoms with Gasteiger partial charge in [0.25, 0.3) is 5.91 Å². The highest BCUT2D eigenvalue weighted by atomic mass is 32.1. The van der Waals surface area contributed by atoms with E-state index in [0.29, 0.717) is 18.0 Å². The van der Waals surface area contributed by atoms with E-state index in [1.807, 2.05) is 34.5 Å². The quantitative estimate of drug-likeness (QED) is 0.463. The molecule has 0 aliphatic carbocycles. The lowest BCUT2D eigenvalue weighted by atomic mass is 9.86. The molecule has 174 valence electrons. The second kappa shape index (κ2) is 10.2. The van der Waals surface area contributed by atoms with Crippen molar-refractivity contribution in [2.24, 2.45) is 0 Å². The summed E-state index contributed by atoms with van der Waals surface area (Å²) < 4.78 is 0. The average Bonchev–Trinajstić information content (AvgIpc) is 3.50. The van der Waals surface area contributed by atoms with Crippen LogP contribution in [0.4, 0.5) is 5.69 Å². The van der Waals surface area contributed by atoms with Crippen LogP contribution >= 0.6 is 22.7 Å². The van der Waals surface area contributed by atoms with Crippen molar-refractivity contribution in [3.63, 3.8) is 0 Å². The Bertz CT molecular complexity index is 1090. The van der Waals surface area contributed by atoms with Gasteiger partial charge in [0.1, 0.15) is 5.69 Å². The summed E-state index contributed by atoms with van der Waals surface area (Å²) in [4.78, 5) is 33.4. The van der Waals surface area contributed by atoms with Gasteiger partial charge in [-0.25, -0.2) is 4.98 Å². The van der Waals surface area contributed by atoms with Crippen LogP contribution < -0.4 is 5.32 Å². The van der Waals surface area contributed by atoms with Gasteiger partial charge >= 0.3 is 0 Å². The number of thiazole rings is 1. The van der Waals surface area contributed by atoms with Crippen LogP contribution in [0.2, 0.25) is 0 Å². The maximum Gasteiger partial charge on any atom is 0.275 e. The highest BCUT2D eigenvalue weighted by Gasteiger charge is 2.26. The maximum absolute atomic E-state index is 12.9. The minimum Gasteiger partial charge on any atom is -0.343 e. The Kier molecular flexibility index (Phi) is 7.29. The number of carbonyl (C=O) groups is 2. The van der Waals surface area contributed by atoms with E-state index in [1.54, 1.807) is 22.7 Å². The van der Waals surface area contributed by atoms with Crippen LogP contribution in [0.25, 0.3) is 0 Å². The van der Waals surface area contributed by atoms with E-state index < -0.39 is 0 Å². The molecule has 1 aromatic carbocycles. The number of aromatic nitrogens is 1. The summed E-state index contributed by atoms with van der Waals surface area (Å²) >= 11 is 3.25. The second-order valence-corrected chi connectivity index (χ2v) is 11.5. The Morgan fingerprint density at radius 3 is 2.55 bits per heavy atom. The molecular weight excluding hydrogens is 450 g/mol. The van der Waals surface area contributed by atoms with Gasteiger partial charge in [-0.2, -0.15) is 0 Å². The largest absolute Gasteiger partial charge is 0.343 e. The Balaban J connectivity index is 1.32. The molecule has 1 fully saturated rings. The molecule has 0 unspecified atom stereocenters. The number of thiophene rings is 1.